The second-order valence-corrected chi connectivity index (χ2v) is 11.6. The first-order valence-corrected chi connectivity index (χ1v) is 13.0. The summed E-state index contributed by atoms with van der Waals surface area (Å²) in [6, 6.07) is 8.71. The van der Waals surface area contributed by atoms with E-state index < -0.39 is 23.7 Å². The highest BCUT2D eigenvalue weighted by molar-refractivity contribution is 6.06. The lowest BCUT2D eigenvalue weighted by atomic mass is 9.98. The Morgan fingerprint density at radius 2 is 1.76 bits per heavy atom. The maximum atomic E-state index is 15.6. The number of anilines is 1. The van der Waals surface area contributed by atoms with Crippen molar-refractivity contribution in [1.82, 2.24) is 15.1 Å². The largest absolute Gasteiger partial charge is 0.381 e. The van der Waals surface area contributed by atoms with Crippen molar-refractivity contribution in [1.29, 1.82) is 0 Å². The molecule has 2 aromatic carbocycles. The summed E-state index contributed by atoms with van der Waals surface area (Å²) in [4.78, 5) is 40.7. The average molecular weight is 524 g/mol. The molecule has 0 saturated carbocycles. The number of piperidine rings is 1. The van der Waals surface area contributed by atoms with E-state index in [1.165, 1.54) is 4.90 Å². The summed E-state index contributed by atoms with van der Waals surface area (Å²) in [5.41, 5.74) is 2.12. The number of nitrogens with zero attached hydrogens (tertiary/aromatic N) is 2. The topological polar surface area (TPSA) is 91.0 Å². The standard InChI is InChI=1S/C29H35FN4O4/c1-28(2)16-33(17-29(3,4)38-28)14-19-8-5-7-18(25(19)30)13-31-22-10-6-9-20-21(22)15-34(27(20)37)23-11-12-24(35)32-26(23)36/h5-10,23,31H,11-17H2,1-4H3,(H,32,35,36)/t23-/m0/s1/i23D. The molecule has 38 heavy (non-hydrogen) atoms. The summed E-state index contributed by atoms with van der Waals surface area (Å²) in [5, 5.41) is 5.44. The number of carbonyl (C=O) groups excluding carboxylic acids is 3. The number of morpholine rings is 1. The van der Waals surface area contributed by atoms with Crippen LogP contribution in [0.4, 0.5) is 10.1 Å². The first-order valence-electron chi connectivity index (χ1n) is 13.5. The van der Waals surface area contributed by atoms with Gasteiger partial charge in [-0.3, -0.25) is 24.6 Å². The second kappa shape index (κ2) is 9.78. The lowest BCUT2D eigenvalue weighted by Gasteiger charge is -2.47. The fourth-order valence-electron chi connectivity index (χ4n) is 5.96. The van der Waals surface area contributed by atoms with Crippen LogP contribution in [0.3, 0.4) is 0 Å². The molecule has 9 heteroatoms. The maximum Gasteiger partial charge on any atom is 0.255 e. The quantitative estimate of drug-likeness (QED) is 0.563. The number of rotatable bonds is 6. The highest BCUT2D eigenvalue weighted by atomic mass is 19.1. The van der Waals surface area contributed by atoms with Crippen LogP contribution in [-0.4, -0.2) is 57.8 Å². The first-order chi connectivity index (χ1) is 18.3. The Balaban J connectivity index is 1.31. The number of hydrogen-bond acceptors (Lipinski definition) is 6. The van der Waals surface area contributed by atoms with Crippen molar-refractivity contribution in [3.05, 3.63) is 64.5 Å². The molecule has 0 aromatic heterocycles. The summed E-state index contributed by atoms with van der Waals surface area (Å²) in [6.45, 7) is 10.3. The van der Waals surface area contributed by atoms with Crippen LogP contribution < -0.4 is 10.6 Å². The highest BCUT2D eigenvalue weighted by Gasteiger charge is 2.40. The van der Waals surface area contributed by atoms with Crippen molar-refractivity contribution in [2.24, 2.45) is 0 Å². The molecule has 3 amide bonds. The van der Waals surface area contributed by atoms with Crippen LogP contribution in [-0.2, 0) is 34.0 Å². The SMILES string of the molecule is [2H][C@]1(N2Cc3c(NCc4cccc(CN5CC(C)(C)OC(C)(C)C5)c4F)cccc3C2=O)CCC(=O)NC1=O. The van der Waals surface area contributed by atoms with Gasteiger partial charge in [-0.05, 0) is 46.2 Å². The Kier molecular flexibility index (Phi) is 6.44. The van der Waals surface area contributed by atoms with Crippen molar-refractivity contribution in [3.63, 3.8) is 0 Å². The number of carbonyl (C=O) groups is 3. The zero-order valence-corrected chi connectivity index (χ0v) is 22.3. The van der Waals surface area contributed by atoms with Gasteiger partial charge in [0.1, 0.15) is 11.8 Å². The molecule has 2 aromatic rings. The van der Waals surface area contributed by atoms with Gasteiger partial charge in [-0.1, -0.05) is 24.3 Å². The van der Waals surface area contributed by atoms with Crippen LogP contribution in [0.25, 0.3) is 0 Å². The summed E-state index contributed by atoms with van der Waals surface area (Å²) < 4.78 is 30.5. The van der Waals surface area contributed by atoms with Crippen LogP contribution in [0, 0.1) is 5.82 Å². The molecule has 5 rings (SSSR count). The molecule has 3 heterocycles. The van der Waals surface area contributed by atoms with Crippen molar-refractivity contribution in [2.75, 3.05) is 18.4 Å². The van der Waals surface area contributed by atoms with Crippen LogP contribution >= 0.6 is 0 Å². The van der Waals surface area contributed by atoms with E-state index in [1.807, 2.05) is 33.8 Å². The molecule has 1 atom stereocenters. The van der Waals surface area contributed by atoms with E-state index in [0.717, 1.165) is 0 Å². The van der Waals surface area contributed by atoms with Gasteiger partial charge in [-0.25, -0.2) is 4.39 Å². The number of ether oxygens (including phenoxy) is 1. The van der Waals surface area contributed by atoms with E-state index in [2.05, 4.69) is 15.5 Å². The van der Waals surface area contributed by atoms with Crippen molar-refractivity contribution in [3.8, 4) is 0 Å². The van der Waals surface area contributed by atoms with Gasteiger partial charge in [-0.15, -0.1) is 0 Å². The van der Waals surface area contributed by atoms with E-state index in [-0.39, 0.29) is 43.0 Å². The number of fused-ring (bicyclic) bond motifs is 1. The number of halogens is 1. The van der Waals surface area contributed by atoms with Gasteiger partial charge in [-0.2, -0.15) is 0 Å². The third-order valence-corrected chi connectivity index (χ3v) is 7.18. The molecule has 2 saturated heterocycles. The molecule has 0 radical (unpaired) electrons. The van der Waals surface area contributed by atoms with Gasteiger partial charge in [0.05, 0.1) is 12.6 Å². The fraction of sp³-hybridized carbons (Fsp3) is 0.483. The van der Waals surface area contributed by atoms with Crippen LogP contribution in [0.1, 0.15) is 69.0 Å². The lowest BCUT2D eigenvalue weighted by molar-refractivity contribution is -0.182. The minimum absolute atomic E-state index is 0.00443. The predicted molar refractivity (Wildman–Crippen MR) is 141 cm³/mol. The Hall–Kier alpha value is -3.30. The minimum Gasteiger partial charge on any atom is -0.381 e. The lowest BCUT2D eigenvalue weighted by Crippen LogP contribution is -2.56. The number of hydrogen-bond donors (Lipinski definition) is 2. The number of imide groups is 1. The van der Waals surface area contributed by atoms with Crippen molar-refractivity contribution < 1.29 is 24.9 Å². The van der Waals surface area contributed by atoms with Gasteiger partial charge >= 0.3 is 0 Å². The summed E-state index contributed by atoms with van der Waals surface area (Å²) >= 11 is 0. The summed E-state index contributed by atoms with van der Waals surface area (Å²) in [7, 11) is 0. The predicted octanol–water partition coefficient (Wildman–Crippen LogP) is 3.59. The minimum atomic E-state index is -1.86. The third kappa shape index (κ3) is 5.31. The maximum absolute atomic E-state index is 15.6. The van der Waals surface area contributed by atoms with E-state index in [0.29, 0.717) is 47.6 Å². The monoisotopic (exact) mass is 523 g/mol. The summed E-state index contributed by atoms with van der Waals surface area (Å²) in [5.74, 6) is -1.94. The van der Waals surface area contributed by atoms with E-state index in [4.69, 9.17) is 6.11 Å². The molecule has 2 N–H and O–H groups in total. The Morgan fingerprint density at radius 1 is 1.08 bits per heavy atom. The molecule has 0 spiro atoms. The zero-order chi connectivity index (χ0) is 28.2. The van der Waals surface area contributed by atoms with Crippen molar-refractivity contribution >= 4 is 23.4 Å². The first kappa shape index (κ1) is 25.0. The van der Waals surface area contributed by atoms with E-state index in [1.54, 1.807) is 30.3 Å². The number of nitrogens with one attached hydrogen (secondary N) is 2. The normalized spacial score (nSPS) is 25.1. The molecule has 202 valence electrons. The van der Waals surface area contributed by atoms with Gasteiger partial charge in [0.2, 0.25) is 11.8 Å². The van der Waals surface area contributed by atoms with E-state index >= 15 is 4.39 Å². The fourth-order valence-corrected chi connectivity index (χ4v) is 5.96. The van der Waals surface area contributed by atoms with Crippen LogP contribution in [0.2, 0.25) is 0 Å². The van der Waals surface area contributed by atoms with Gasteiger partial charge < -0.3 is 15.0 Å². The molecule has 0 bridgehead atoms. The zero-order valence-electron chi connectivity index (χ0n) is 23.3. The molecular formula is C29H35FN4O4. The van der Waals surface area contributed by atoms with Gasteiger partial charge in [0.15, 0.2) is 0 Å². The number of benzene rings is 2. The average Bonchev–Trinajstić information content (AvgIpc) is 3.18. The Morgan fingerprint density at radius 3 is 2.47 bits per heavy atom. The van der Waals surface area contributed by atoms with Gasteiger partial charge in [0.25, 0.3) is 5.91 Å². The molecule has 0 unspecified atom stereocenters. The molecule has 3 aliphatic rings. The van der Waals surface area contributed by atoms with Crippen LogP contribution in [0.15, 0.2) is 36.4 Å². The van der Waals surface area contributed by atoms with E-state index in [9.17, 15) is 14.4 Å². The molecule has 0 aliphatic carbocycles. The molecule has 3 aliphatic heterocycles. The van der Waals surface area contributed by atoms with Crippen LogP contribution in [0.5, 0.6) is 0 Å². The third-order valence-electron chi connectivity index (χ3n) is 7.18. The Bertz CT molecular complexity index is 1330. The van der Waals surface area contributed by atoms with Crippen molar-refractivity contribution in [2.45, 2.75) is 77.4 Å². The summed E-state index contributed by atoms with van der Waals surface area (Å²) in [6.07, 6.45) is -0.0643. The molecule has 2 fully saturated rings. The highest BCUT2D eigenvalue weighted by Crippen LogP contribution is 2.33. The molecular weight excluding hydrogens is 487 g/mol. The smallest absolute Gasteiger partial charge is 0.255 e. The second-order valence-electron chi connectivity index (χ2n) is 11.6. The number of amides is 3. The molecule has 8 nitrogen and oxygen atoms in total. The Labute approximate surface area is 223 Å². The van der Waals surface area contributed by atoms with Gasteiger partial charge in [0, 0.05) is 67.1 Å².